The highest BCUT2D eigenvalue weighted by Gasteiger charge is 2.26. The SMILES string of the molecule is CCN1CCc2c(C(=O)NCc3c(C(C)C)cc(C)[nH]c3=O)cc(-c3ccc(N4CCNCC4)nc3)cc21. The molecule has 0 radical (unpaired) electrons. The number of aryl methyl sites for hydroxylation is 1. The molecule has 38 heavy (non-hydrogen) atoms. The number of H-pyrrole nitrogens is 1. The van der Waals surface area contributed by atoms with Crippen LogP contribution < -0.4 is 26.0 Å². The topological polar surface area (TPSA) is 93.4 Å². The Labute approximate surface area is 224 Å². The third-order valence-corrected chi connectivity index (χ3v) is 7.70. The highest BCUT2D eigenvalue weighted by atomic mass is 16.1. The van der Waals surface area contributed by atoms with Crippen molar-refractivity contribution in [1.82, 2.24) is 20.6 Å². The number of nitrogens with one attached hydrogen (secondary N) is 3. The van der Waals surface area contributed by atoms with E-state index in [1.54, 1.807) is 0 Å². The number of rotatable bonds is 7. The second kappa shape index (κ2) is 11.0. The summed E-state index contributed by atoms with van der Waals surface area (Å²) in [5.74, 6) is 1.01. The minimum atomic E-state index is -0.152. The maximum atomic E-state index is 13.6. The molecule has 0 spiro atoms. The van der Waals surface area contributed by atoms with E-state index >= 15 is 0 Å². The van der Waals surface area contributed by atoms with Crippen LogP contribution in [0.4, 0.5) is 11.5 Å². The number of pyridine rings is 2. The summed E-state index contributed by atoms with van der Waals surface area (Å²) in [5, 5.41) is 6.43. The molecule has 2 aliphatic rings. The molecular weight excluding hydrogens is 476 g/mol. The fourth-order valence-corrected chi connectivity index (χ4v) is 5.61. The lowest BCUT2D eigenvalue weighted by Crippen LogP contribution is -2.43. The zero-order chi connectivity index (χ0) is 26.8. The van der Waals surface area contributed by atoms with E-state index in [1.807, 2.05) is 25.3 Å². The van der Waals surface area contributed by atoms with E-state index in [2.05, 4.69) is 64.4 Å². The molecule has 1 aromatic carbocycles. The number of hydrogen-bond acceptors (Lipinski definition) is 6. The standard InChI is InChI=1S/C30H38N6O2/c1-5-35-11-8-23-25(29(37)33-18-26-24(19(2)3)14-20(4)34-30(26)38)15-22(16-27(23)35)21-6-7-28(32-17-21)36-12-9-31-10-13-36/h6-7,14-17,19,31H,5,8-13,18H2,1-4H3,(H,33,37)(H,34,38). The van der Waals surface area contributed by atoms with E-state index < -0.39 is 0 Å². The maximum absolute atomic E-state index is 13.6. The lowest BCUT2D eigenvalue weighted by atomic mass is 9.96. The molecule has 4 heterocycles. The average Bonchev–Trinajstić information content (AvgIpc) is 3.35. The Kier molecular flexibility index (Phi) is 7.51. The molecule has 5 rings (SSSR count). The van der Waals surface area contributed by atoms with Gasteiger partial charge in [-0.3, -0.25) is 9.59 Å². The number of carbonyl (C=O) groups is 1. The molecule has 8 heteroatoms. The minimum Gasteiger partial charge on any atom is -0.371 e. The number of hydrogen-bond donors (Lipinski definition) is 3. The Hall–Kier alpha value is -3.65. The number of nitrogens with zero attached hydrogens (tertiary/aromatic N) is 3. The number of fused-ring (bicyclic) bond motifs is 1. The van der Waals surface area contributed by atoms with Crippen molar-refractivity contribution in [1.29, 1.82) is 0 Å². The molecule has 200 valence electrons. The van der Waals surface area contributed by atoms with E-state index in [1.165, 1.54) is 0 Å². The number of anilines is 2. The van der Waals surface area contributed by atoms with Crippen LogP contribution in [0.3, 0.4) is 0 Å². The third kappa shape index (κ3) is 5.18. The largest absolute Gasteiger partial charge is 0.371 e. The number of amides is 1. The van der Waals surface area contributed by atoms with Crippen molar-refractivity contribution in [2.45, 2.75) is 46.6 Å². The van der Waals surface area contributed by atoms with Crippen LogP contribution in [0.5, 0.6) is 0 Å². The fraction of sp³-hybridized carbons (Fsp3) is 0.433. The molecule has 3 aromatic rings. The van der Waals surface area contributed by atoms with Crippen molar-refractivity contribution >= 4 is 17.4 Å². The van der Waals surface area contributed by atoms with E-state index in [4.69, 9.17) is 4.98 Å². The molecule has 0 unspecified atom stereocenters. The predicted octanol–water partition coefficient (Wildman–Crippen LogP) is 3.59. The van der Waals surface area contributed by atoms with E-state index in [0.717, 1.165) is 85.1 Å². The lowest BCUT2D eigenvalue weighted by Gasteiger charge is -2.28. The summed E-state index contributed by atoms with van der Waals surface area (Å²) in [6.07, 6.45) is 2.74. The van der Waals surface area contributed by atoms with Gasteiger partial charge in [-0.1, -0.05) is 13.8 Å². The van der Waals surface area contributed by atoms with Gasteiger partial charge in [0, 0.05) is 80.1 Å². The number of piperazine rings is 1. The normalized spacial score (nSPS) is 15.2. The first-order valence-electron chi connectivity index (χ1n) is 13.7. The number of carbonyl (C=O) groups excluding carboxylic acids is 1. The Morgan fingerprint density at radius 1 is 1.11 bits per heavy atom. The van der Waals surface area contributed by atoms with Gasteiger partial charge in [0.15, 0.2) is 0 Å². The van der Waals surface area contributed by atoms with Crippen LogP contribution in [0, 0.1) is 6.92 Å². The van der Waals surface area contributed by atoms with Crippen molar-refractivity contribution in [3.05, 3.63) is 74.8 Å². The Morgan fingerprint density at radius 2 is 1.89 bits per heavy atom. The van der Waals surface area contributed by atoms with Gasteiger partial charge in [-0.05, 0) is 73.2 Å². The molecule has 0 aliphatic carbocycles. The molecule has 0 atom stereocenters. The summed E-state index contributed by atoms with van der Waals surface area (Å²) < 4.78 is 0. The van der Waals surface area contributed by atoms with Crippen LogP contribution in [0.15, 0.2) is 41.3 Å². The van der Waals surface area contributed by atoms with Gasteiger partial charge in [0.25, 0.3) is 11.5 Å². The van der Waals surface area contributed by atoms with Crippen LogP contribution in [0.25, 0.3) is 11.1 Å². The Bertz CT molecular complexity index is 1370. The highest BCUT2D eigenvalue weighted by molar-refractivity contribution is 5.99. The minimum absolute atomic E-state index is 0.138. The third-order valence-electron chi connectivity index (χ3n) is 7.70. The van der Waals surface area contributed by atoms with E-state index in [-0.39, 0.29) is 23.9 Å². The Balaban J connectivity index is 1.45. The van der Waals surface area contributed by atoms with Gasteiger partial charge in [-0.25, -0.2) is 4.98 Å². The van der Waals surface area contributed by atoms with Gasteiger partial charge in [-0.15, -0.1) is 0 Å². The number of likely N-dealkylation sites (N-methyl/N-ethyl adjacent to an activating group) is 1. The molecule has 1 fully saturated rings. The van der Waals surface area contributed by atoms with Crippen LogP contribution in [0.2, 0.25) is 0 Å². The molecule has 0 bridgehead atoms. The summed E-state index contributed by atoms with van der Waals surface area (Å²) in [6, 6.07) is 10.3. The van der Waals surface area contributed by atoms with Gasteiger partial charge < -0.3 is 25.4 Å². The van der Waals surface area contributed by atoms with Crippen molar-refractivity contribution in [3.63, 3.8) is 0 Å². The maximum Gasteiger partial charge on any atom is 0.253 e. The molecule has 2 aromatic heterocycles. The van der Waals surface area contributed by atoms with Crippen molar-refractivity contribution < 1.29 is 4.79 Å². The van der Waals surface area contributed by atoms with Crippen molar-refractivity contribution in [3.8, 4) is 11.1 Å². The zero-order valence-electron chi connectivity index (χ0n) is 22.9. The zero-order valence-corrected chi connectivity index (χ0v) is 22.9. The van der Waals surface area contributed by atoms with Gasteiger partial charge in [0.05, 0.1) is 0 Å². The molecule has 1 amide bonds. The monoisotopic (exact) mass is 514 g/mol. The van der Waals surface area contributed by atoms with Crippen LogP contribution in [-0.4, -0.2) is 55.1 Å². The number of benzene rings is 1. The van der Waals surface area contributed by atoms with Gasteiger partial charge in [0.2, 0.25) is 0 Å². The molecule has 3 N–H and O–H groups in total. The van der Waals surface area contributed by atoms with Gasteiger partial charge >= 0.3 is 0 Å². The van der Waals surface area contributed by atoms with Crippen molar-refractivity contribution in [2.75, 3.05) is 49.1 Å². The molecule has 2 aliphatic heterocycles. The first-order chi connectivity index (χ1) is 18.4. The van der Waals surface area contributed by atoms with Crippen LogP contribution in [0.1, 0.15) is 59.4 Å². The fourth-order valence-electron chi connectivity index (χ4n) is 5.61. The van der Waals surface area contributed by atoms with Gasteiger partial charge in [0.1, 0.15) is 5.82 Å². The number of aromatic nitrogens is 2. The summed E-state index contributed by atoms with van der Waals surface area (Å²) in [7, 11) is 0. The lowest BCUT2D eigenvalue weighted by molar-refractivity contribution is 0.0950. The molecule has 8 nitrogen and oxygen atoms in total. The van der Waals surface area contributed by atoms with Crippen LogP contribution >= 0.6 is 0 Å². The summed E-state index contributed by atoms with van der Waals surface area (Å²) in [4.78, 5) is 38.6. The molecule has 0 saturated carbocycles. The first kappa shape index (κ1) is 26.0. The summed E-state index contributed by atoms with van der Waals surface area (Å²) >= 11 is 0. The molecule has 1 saturated heterocycles. The van der Waals surface area contributed by atoms with Gasteiger partial charge in [-0.2, -0.15) is 0 Å². The van der Waals surface area contributed by atoms with Crippen LogP contribution in [-0.2, 0) is 13.0 Å². The first-order valence-corrected chi connectivity index (χ1v) is 13.7. The average molecular weight is 515 g/mol. The number of aromatic amines is 1. The second-order valence-corrected chi connectivity index (χ2v) is 10.5. The highest BCUT2D eigenvalue weighted by Crippen LogP contribution is 2.36. The van der Waals surface area contributed by atoms with E-state index in [0.29, 0.717) is 11.1 Å². The smallest absolute Gasteiger partial charge is 0.253 e. The van der Waals surface area contributed by atoms with E-state index in [9.17, 15) is 9.59 Å². The van der Waals surface area contributed by atoms with Crippen molar-refractivity contribution in [2.24, 2.45) is 0 Å². The quantitative estimate of drug-likeness (QED) is 0.446. The molecular formula is C30H38N6O2. The predicted molar refractivity (Wildman–Crippen MR) is 153 cm³/mol. The Morgan fingerprint density at radius 3 is 2.58 bits per heavy atom. The summed E-state index contributed by atoms with van der Waals surface area (Å²) in [6.45, 7) is 14.0. The summed E-state index contributed by atoms with van der Waals surface area (Å²) in [5.41, 5.74) is 7.10. The second-order valence-electron chi connectivity index (χ2n) is 10.5.